The molecule has 0 radical (unpaired) electrons. The molecule has 0 fully saturated rings. The molecule has 5 nitrogen and oxygen atoms in total. The standard InChI is InChI=1S/C22H19N3O2S/c1-2-27-18-14-19(15-8-4-3-5-9-15)28-20(18)21(26)25-13-12-24-17-11-7-6-10-16(17)23-22(24)25/h3-11,14H,2,12-13H2,1H3. The van der Waals surface area contributed by atoms with E-state index in [0.29, 0.717) is 29.7 Å². The molecule has 4 aromatic rings. The number of anilines is 1. The molecule has 0 N–H and O–H groups in total. The van der Waals surface area contributed by atoms with Crippen molar-refractivity contribution in [2.24, 2.45) is 0 Å². The number of aromatic nitrogens is 2. The maximum Gasteiger partial charge on any atom is 0.274 e. The number of hydrogen-bond acceptors (Lipinski definition) is 4. The number of carbonyl (C=O) groups is 1. The van der Waals surface area contributed by atoms with Gasteiger partial charge >= 0.3 is 0 Å². The minimum atomic E-state index is -0.0512. The molecule has 0 saturated heterocycles. The number of nitrogens with zero attached hydrogens (tertiary/aromatic N) is 3. The predicted octanol–water partition coefficient (Wildman–Crippen LogP) is 4.82. The minimum absolute atomic E-state index is 0.0512. The van der Waals surface area contributed by atoms with E-state index in [1.807, 2.05) is 67.6 Å². The highest BCUT2D eigenvalue weighted by molar-refractivity contribution is 7.17. The molecule has 1 aliphatic heterocycles. The number of thiophene rings is 1. The van der Waals surface area contributed by atoms with Crippen LogP contribution in [0.3, 0.4) is 0 Å². The van der Waals surface area contributed by atoms with E-state index in [9.17, 15) is 4.79 Å². The van der Waals surface area contributed by atoms with Gasteiger partial charge in [-0.15, -0.1) is 11.3 Å². The molecule has 28 heavy (non-hydrogen) atoms. The lowest BCUT2D eigenvalue weighted by Crippen LogP contribution is -2.29. The fourth-order valence-electron chi connectivity index (χ4n) is 3.64. The van der Waals surface area contributed by atoms with Gasteiger partial charge in [-0.3, -0.25) is 9.69 Å². The summed E-state index contributed by atoms with van der Waals surface area (Å²) in [5, 5.41) is 0. The van der Waals surface area contributed by atoms with Crippen LogP contribution in [0.25, 0.3) is 21.5 Å². The number of hydrogen-bond donors (Lipinski definition) is 0. The number of rotatable bonds is 4. The molecule has 1 aliphatic rings. The van der Waals surface area contributed by atoms with Gasteiger partial charge in [0.15, 0.2) is 0 Å². The largest absolute Gasteiger partial charge is 0.492 e. The molecule has 1 amide bonds. The van der Waals surface area contributed by atoms with Gasteiger partial charge in [-0.2, -0.15) is 0 Å². The molecular formula is C22H19N3O2S. The number of para-hydroxylation sites is 2. The number of carbonyl (C=O) groups excluding carboxylic acids is 1. The van der Waals surface area contributed by atoms with E-state index in [0.717, 1.165) is 28.0 Å². The van der Waals surface area contributed by atoms with Crippen molar-refractivity contribution in [3.63, 3.8) is 0 Å². The fourth-order valence-corrected chi connectivity index (χ4v) is 4.69. The summed E-state index contributed by atoms with van der Waals surface area (Å²) in [7, 11) is 0. The molecule has 140 valence electrons. The first-order chi connectivity index (χ1) is 13.8. The van der Waals surface area contributed by atoms with Crippen LogP contribution in [-0.2, 0) is 6.54 Å². The van der Waals surface area contributed by atoms with Crippen LogP contribution in [0.15, 0.2) is 60.7 Å². The normalized spacial score (nSPS) is 13.1. The number of fused-ring (bicyclic) bond motifs is 3. The predicted molar refractivity (Wildman–Crippen MR) is 112 cm³/mol. The third-order valence-electron chi connectivity index (χ3n) is 4.92. The summed E-state index contributed by atoms with van der Waals surface area (Å²) < 4.78 is 7.91. The van der Waals surface area contributed by atoms with Gasteiger partial charge in [0, 0.05) is 18.0 Å². The van der Waals surface area contributed by atoms with Gasteiger partial charge in [0.2, 0.25) is 5.95 Å². The fraction of sp³-hybridized carbons (Fsp3) is 0.182. The Kier molecular flexibility index (Phi) is 4.13. The summed E-state index contributed by atoms with van der Waals surface area (Å²) >= 11 is 1.48. The van der Waals surface area contributed by atoms with Crippen LogP contribution in [0.2, 0.25) is 0 Å². The quantitative estimate of drug-likeness (QED) is 0.503. The van der Waals surface area contributed by atoms with Crippen molar-refractivity contribution in [1.29, 1.82) is 0 Å². The topological polar surface area (TPSA) is 47.4 Å². The molecule has 3 heterocycles. The van der Waals surface area contributed by atoms with Crippen molar-refractivity contribution >= 4 is 34.2 Å². The second kappa shape index (κ2) is 6.80. The van der Waals surface area contributed by atoms with Crippen molar-refractivity contribution in [1.82, 2.24) is 9.55 Å². The van der Waals surface area contributed by atoms with Crippen molar-refractivity contribution < 1.29 is 9.53 Å². The Morgan fingerprint density at radius 2 is 1.89 bits per heavy atom. The van der Waals surface area contributed by atoms with E-state index in [1.54, 1.807) is 4.90 Å². The molecule has 5 rings (SSSR count). The van der Waals surface area contributed by atoms with Crippen LogP contribution in [0.4, 0.5) is 5.95 Å². The monoisotopic (exact) mass is 389 g/mol. The molecule has 0 unspecified atom stereocenters. The van der Waals surface area contributed by atoms with Gasteiger partial charge in [0.1, 0.15) is 10.6 Å². The van der Waals surface area contributed by atoms with Gasteiger partial charge in [0.05, 0.1) is 17.6 Å². The van der Waals surface area contributed by atoms with Gasteiger partial charge in [0.25, 0.3) is 5.91 Å². The Hall–Kier alpha value is -3.12. The Labute approximate surface area is 166 Å². The lowest BCUT2D eigenvalue weighted by atomic mass is 10.2. The van der Waals surface area contributed by atoms with Crippen molar-refractivity contribution in [2.45, 2.75) is 13.5 Å². The van der Waals surface area contributed by atoms with Crippen LogP contribution >= 0.6 is 11.3 Å². The van der Waals surface area contributed by atoms with Crippen molar-refractivity contribution in [2.75, 3.05) is 18.1 Å². The summed E-state index contributed by atoms with van der Waals surface area (Å²) in [6, 6.07) is 20.0. The molecule has 0 saturated carbocycles. The second-order valence-electron chi connectivity index (χ2n) is 6.61. The SMILES string of the molecule is CCOc1cc(-c2ccccc2)sc1C(=O)N1CCn2c1nc1ccccc12. The molecule has 2 aromatic carbocycles. The van der Waals surface area contributed by atoms with Crippen LogP contribution in [0.5, 0.6) is 5.75 Å². The first kappa shape index (κ1) is 17.0. The van der Waals surface area contributed by atoms with E-state index in [-0.39, 0.29) is 5.91 Å². The van der Waals surface area contributed by atoms with Crippen LogP contribution in [-0.4, -0.2) is 28.6 Å². The molecule has 2 aromatic heterocycles. The third kappa shape index (κ3) is 2.68. The summed E-state index contributed by atoms with van der Waals surface area (Å²) in [4.78, 5) is 21.5. The van der Waals surface area contributed by atoms with E-state index < -0.39 is 0 Å². The van der Waals surface area contributed by atoms with Crippen LogP contribution in [0, 0.1) is 0 Å². The van der Waals surface area contributed by atoms with E-state index in [4.69, 9.17) is 9.72 Å². The molecule has 0 aliphatic carbocycles. The number of benzene rings is 2. The highest BCUT2D eigenvalue weighted by atomic mass is 32.1. The van der Waals surface area contributed by atoms with E-state index in [1.165, 1.54) is 11.3 Å². The summed E-state index contributed by atoms with van der Waals surface area (Å²) in [6.07, 6.45) is 0. The first-order valence-corrected chi connectivity index (χ1v) is 10.2. The maximum atomic E-state index is 13.4. The molecule has 0 spiro atoms. The summed E-state index contributed by atoms with van der Waals surface area (Å²) in [5.41, 5.74) is 3.06. The Balaban J connectivity index is 1.55. The molecule has 0 atom stereocenters. The second-order valence-corrected chi connectivity index (χ2v) is 7.66. The van der Waals surface area contributed by atoms with Crippen LogP contribution in [0.1, 0.15) is 16.6 Å². The third-order valence-corrected chi connectivity index (χ3v) is 6.07. The summed E-state index contributed by atoms with van der Waals surface area (Å²) in [5.74, 6) is 1.30. The lowest BCUT2D eigenvalue weighted by Gasteiger charge is -2.14. The van der Waals surface area contributed by atoms with Crippen LogP contribution < -0.4 is 9.64 Å². The highest BCUT2D eigenvalue weighted by Crippen LogP contribution is 2.38. The Morgan fingerprint density at radius 1 is 1.11 bits per heavy atom. The van der Waals surface area contributed by atoms with Gasteiger partial charge in [-0.25, -0.2) is 4.98 Å². The average molecular weight is 389 g/mol. The summed E-state index contributed by atoms with van der Waals surface area (Å²) in [6.45, 7) is 3.83. The first-order valence-electron chi connectivity index (χ1n) is 9.35. The molecule has 0 bridgehead atoms. The number of imidazole rings is 1. The van der Waals surface area contributed by atoms with E-state index >= 15 is 0 Å². The highest BCUT2D eigenvalue weighted by Gasteiger charge is 2.32. The smallest absolute Gasteiger partial charge is 0.274 e. The van der Waals surface area contributed by atoms with Gasteiger partial charge in [-0.1, -0.05) is 42.5 Å². The molecule has 6 heteroatoms. The zero-order valence-electron chi connectivity index (χ0n) is 15.5. The Bertz CT molecular complexity index is 1160. The van der Waals surface area contributed by atoms with Gasteiger partial charge < -0.3 is 9.30 Å². The zero-order valence-corrected chi connectivity index (χ0v) is 16.3. The van der Waals surface area contributed by atoms with Crippen molar-refractivity contribution in [3.8, 4) is 16.2 Å². The molecular weight excluding hydrogens is 370 g/mol. The van der Waals surface area contributed by atoms with Crippen molar-refractivity contribution in [3.05, 3.63) is 65.5 Å². The Morgan fingerprint density at radius 3 is 2.71 bits per heavy atom. The number of amides is 1. The van der Waals surface area contributed by atoms with Gasteiger partial charge in [-0.05, 0) is 30.7 Å². The lowest BCUT2D eigenvalue weighted by molar-refractivity contribution is 0.0989. The zero-order chi connectivity index (χ0) is 19.1. The minimum Gasteiger partial charge on any atom is -0.492 e. The average Bonchev–Trinajstić information content (AvgIpc) is 3.42. The maximum absolute atomic E-state index is 13.4. The number of ether oxygens (including phenoxy) is 1. The van der Waals surface area contributed by atoms with E-state index in [2.05, 4.69) is 4.57 Å².